The SMILES string of the molecule is CC(=O)Cc1ccc(C(=O)Cc2nc(-c3cc(Cl)sc3Cl)cs2)cc1. The second-order valence-electron chi connectivity index (χ2n) is 5.54. The van der Waals surface area contributed by atoms with Crippen LogP contribution in [-0.4, -0.2) is 16.6 Å². The standard InChI is InChI=1S/C18H13Cl2NO2S2/c1-10(22)6-11-2-4-12(5-3-11)15(23)8-17-21-14(9-24-17)13-7-16(19)25-18(13)20/h2-5,7,9H,6,8H2,1H3. The third-order valence-electron chi connectivity index (χ3n) is 3.53. The number of hydrogen-bond acceptors (Lipinski definition) is 5. The van der Waals surface area contributed by atoms with Crippen molar-refractivity contribution in [2.24, 2.45) is 0 Å². The summed E-state index contributed by atoms with van der Waals surface area (Å²) in [6.45, 7) is 1.55. The summed E-state index contributed by atoms with van der Waals surface area (Å²) in [5.41, 5.74) is 3.04. The topological polar surface area (TPSA) is 47.0 Å². The summed E-state index contributed by atoms with van der Waals surface area (Å²) < 4.78 is 1.20. The second-order valence-corrected chi connectivity index (χ2v) is 8.77. The van der Waals surface area contributed by atoms with Gasteiger partial charge in [0.2, 0.25) is 0 Å². The first-order chi connectivity index (χ1) is 11.9. The predicted molar refractivity (Wildman–Crippen MR) is 104 cm³/mol. The van der Waals surface area contributed by atoms with E-state index in [4.69, 9.17) is 23.2 Å². The number of aromatic nitrogens is 1. The van der Waals surface area contributed by atoms with Crippen LogP contribution < -0.4 is 0 Å². The van der Waals surface area contributed by atoms with Crippen molar-refractivity contribution in [1.29, 1.82) is 0 Å². The summed E-state index contributed by atoms with van der Waals surface area (Å²) in [4.78, 5) is 28.0. The Balaban J connectivity index is 1.71. The van der Waals surface area contributed by atoms with Gasteiger partial charge in [-0.15, -0.1) is 22.7 Å². The summed E-state index contributed by atoms with van der Waals surface area (Å²) >= 11 is 14.8. The molecule has 0 aliphatic heterocycles. The molecule has 3 aromatic rings. The van der Waals surface area contributed by atoms with Gasteiger partial charge in [0, 0.05) is 22.9 Å². The van der Waals surface area contributed by atoms with Gasteiger partial charge in [-0.3, -0.25) is 9.59 Å². The molecule has 0 unspecified atom stereocenters. The van der Waals surface area contributed by atoms with Crippen LogP contribution in [0.1, 0.15) is 27.9 Å². The van der Waals surface area contributed by atoms with Gasteiger partial charge in [0.05, 0.1) is 16.5 Å². The summed E-state index contributed by atoms with van der Waals surface area (Å²) in [7, 11) is 0. The van der Waals surface area contributed by atoms with Crippen LogP contribution >= 0.6 is 45.9 Å². The Hall–Kier alpha value is -1.53. The van der Waals surface area contributed by atoms with E-state index in [2.05, 4.69) is 4.98 Å². The van der Waals surface area contributed by atoms with Crippen LogP contribution in [0.25, 0.3) is 11.3 Å². The Morgan fingerprint density at radius 2 is 1.84 bits per heavy atom. The third-order valence-corrected chi connectivity index (χ3v) is 5.86. The molecule has 0 N–H and O–H groups in total. The number of ketones is 2. The Morgan fingerprint density at radius 3 is 2.44 bits per heavy atom. The van der Waals surface area contributed by atoms with Crippen LogP contribution in [-0.2, 0) is 17.6 Å². The molecule has 128 valence electrons. The zero-order valence-corrected chi connectivity index (χ0v) is 16.4. The van der Waals surface area contributed by atoms with Gasteiger partial charge in [-0.05, 0) is 18.6 Å². The minimum Gasteiger partial charge on any atom is -0.300 e. The molecular weight excluding hydrogens is 397 g/mol. The maximum atomic E-state index is 12.4. The molecular formula is C18H13Cl2NO2S2. The highest BCUT2D eigenvalue weighted by atomic mass is 35.5. The highest BCUT2D eigenvalue weighted by Gasteiger charge is 2.14. The zero-order valence-electron chi connectivity index (χ0n) is 13.2. The number of rotatable bonds is 6. The van der Waals surface area contributed by atoms with Crippen molar-refractivity contribution < 1.29 is 9.59 Å². The van der Waals surface area contributed by atoms with Crippen LogP contribution in [0.3, 0.4) is 0 Å². The van der Waals surface area contributed by atoms with Crippen molar-refractivity contribution in [3.63, 3.8) is 0 Å². The van der Waals surface area contributed by atoms with Gasteiger partial charge in [-0.2, -0.15) is 0 Å². The number of halogens is 2. The van der Waals surface area contributed by atoms with E-state index < -0.39 is 0 Å². The van der Waals surface area contributed by atoms with Crippen LogP contribution in [0.4, 0.5) is 0 Å². The molecule has 3 nitrogen and oxygen atoms in total. The normalized spacial score (nSPS) is 10.8. The molecule has 0 atom stereocenters. The van der Waals surface area contributed by atoms with E-state index >= 15 is 0 Å². The molecule has 0 bridgehead atoms. The van der Waals surface area contributed by atoms with Crippen LogP contribution in [0.2, 0.25) is 8.67 Å². The fourth-order valence-electron chi connectivity index (χ4n) is 2.37. The van der Waals surface area contributed by atoms with Gasteiger partial charge in [0.15, 0.2) is 5.78 Å². The molecule has 3 rings (SSSR count). The number of carbonyl (C=O) groups is 2. The van der Waals surface area contributed by atoms with Crippen molar-refractivity contribution in [2.75, 3.05) is 0 Å². The lowest BCUT2D eigenvalue weighted by molar-refractivity contribution is -0.116. The van der Waals surface area contributed by atoms with Crippen molar-refractivity contribution in [3.05, 3.63) is 60.5 Å². The number of hydrogen-bond donors (Lipinski definition) is 0. The first-order valence-corrected chi connectivity index (χ1v) is 9.89. The molecule has 1 aromatic carbocycles. The number of nitrogens with zero attached hydrogens (tertiary/aromatic N) is 1. The monoisotopic (exact) mass is 409 g/mol. The van der Waals surface area contributed by atoms with Crippen LogP contribution in [0.5, 0.6) is 0 Å². The quantitative estimate of drug-likeness (QED) is 0.487. The van der Waals surface area contributed by atoms with Gasteiger partial charge < -0.3 is 0 Å². The van der Waals surface area contributed by atoms with E-state index in [1.165, 1.54) is 22.7 Å². The lowest BCUT2D eigenvalue weighted by Gasteiger charge is -2.01. The van der Waals surface area contributed by atoms with Gasteiger partial charge in [-0.1, -0.05) is 47.5 Å². The average molecular weight is 410 g/mol. The maximum Gasteiger partial charge on any atom is 0.169 e. The van der Waals surface area contributed by atoms with Gasteiger partial charge >= 0.3 is 0 Å². The lowest BCUT2D eigenvalue weighted by atomic mass is 10.0. The van der Waals surface area contributed by atoms with E-state index in [0.29, 0.717) is 20.7 Å². The largest absolute Gasteiger partial charge is 0.300 e. The maximum absolute atomic E-state index is 12.4. The summed E-state index contributed by atoms with van der Waals surface area (Å²) in [5.74, 6) is 0.0892. The van der Waals surface area contributed by atoms with E-state index in [-0.39, 0.29) is 18.0 Å². The van der Waals surface area contributed by atoms with Crippen LogP contribution in [0.15, 0.2) is 35.7 Å². The lowest BCUT2D eigenvalue weighted by Crippen LogP contribution is -2.04. The third kappa shape index (κ3) is 4.55. The molecule has 0 aliphatic carbocycles. The number of thiazole rings is 1. The summed E-state index contributed by atoms with van der Waals surface area (Å²) in [6, 6.07) is 8.92. The minimum atomic E-state index is -0.00952. The Morgan fingerprint density at radius 1 is 1.12 bits per heavy atom. The van der Waals surface area contributed by atoms with Gasteiger partial charge in [0.1, 0.15) is 15.1 Å². The second kappa shape index (κ2) is 7.79. The molecule has 0 aliphatic rings. The molecule has 2 aromatic heterocycles. The van der Waals surface area contributed by atoms with Crippen molar-refractivity contribution in [1.82, 2.24) is 4.98 Å². The molecule has 0 spiro atoms. The molecule has 0 radical (unpaired) electrons. The van der Waals surface area contributed by atoms with Crippen molar-refractivity contribution in [2.45, 2.75) is 19.8 Å². The smallest absolute Gasteiger partial charge is 0.169 e. The molecule has 25 heavy (non-hydrogen) atoms. The van der Waals surface area contributed by atoms with Crippen molar-refractivity contribution >= 4 is 57.4 Å². The number of carbonyl (C=O) groups excluding carboxylic acids is 2. The first kappa shape index (κ1) is 18.3. The first-order valence-electron chi connectivity index (χ1n) is 7.43. The molecule has 0 fully saturated rings. The predicted octanol–water partition coefficient (Wildman–Crippen LogP) is 5.74. The molecule has 0 saturated carbocycles. The average Bonchev–Trinajstić information content (AvgIpc) is 3.13. The number of thiophene rings is 1. The van der Waals surface area contributed by atoms with E-state index in [0.717, 1.165) is 21.8 Å². The van der Waals surface area contributed by atoms with Crippen LogP contribution in [0, 0.1) is 0 Å². The van der Waals surface area contributed by atoms with Gasteiger partial charge in [-0.25, -0.2) is 4.98 Å². The Bertz CT molecular complexity index is 929. The highest BCUT2D eigenvalue weighted by molar-refractivity contribution is 7.20. The van der Waals surface area contributed by atoms with Crippen molar-refractivity contribution in [3.8, 4) is 11.3 Å². The number of benzene rings is 1. The molecule has 0 saturated heterocycles. The molecule has 0 amide bonds. The summed E-state index contributed by atoms with van der Waals surface area (Å²) in [5, 5.41) is 2.61. The van der Waals surface area contributed by atoms with E-state index in [1.54, 1.807) is 25.1 Å². The van der Waals surface area contributed by atoms with Gasteiger partial charge in [0.25, 0.3) is 0 Å². The van der Waals surface area contributed by atoms with E-state index in [9.17, 15) is 9.59 Å². The minimum absolute atomic E-state index is 0.00952. The summed E-state index contributed by atoms with van der Waals surface area (Å²) in [6.07, 6.45) is 0.612. The molecule has 2 heterocycles. The van der Waals surface area contributed by atoms with E-state index in [1.807, 2.05) is 17.5 Å². The Kier molecular flexibility index (Phi) is 5.69. The number of Topliss-reactive ketones (excluding diaryl/α,β-unsaturated/α-hetero) is 2. The Labute approximate surface area is 163 Å². The molecule has 7 heteroatoms. The zero-order chi connectivity index (χ0) is 18.0. The fraction of sp³-hybridized carbons (Fsp3) is 0.167. The highest BCUT2D eigenvalue weighted by Crippen LogP contribution is 2.38. The fourth-order valence-corrected chi connectivity index (χ4v) is 4.64.